The smallest absolute Gasteiger partial charge is 0.0939 e. The lowest BCUT2D eigenvalue weighted by molar-refractivity contribution is 0.522. The fraction of sp³-hybridized carbons (Fsp3) is 0.267. The summed E-state index contributed by atoms with van der Waals surface area (Å²) in [5.74, 6) is 5.81. The number of nitrogens with two attached hydrogens (primary N) is 1. The fourth-order valence-electron chi connectivity index (χ4n) is 2.57. The number of hydrazine groups is 1. The Hall–Kier alpha value is -2.31. The lowest BCUT2D eigenvalue weighted by atomic mass is 10.0. The molecule has 0 saturated heterocycles. The van der Waals surface area contributed by atoms with Crippen molar-refractivity contribution in [3.05, 3.63) is 54.1 Å². The predicted octanol–water partition coefficient (Wildman–Crippen LogP) is 1.79. The van der Waals surface area contributed by atoms with Gasteiger partial charge in [-0.3, -0.25) is 20.5 Å². The van der Waals surface area contributed by atoms with Crippen molar-refractivity contribution in [2.45, 2.75) is 25.9 Å². The van der Waals surface area contributed by atoms with Gasteiger partial charge in [0.05, 0.1) is 22.8 Å². The lowest BCUT2D eigenvalue weighted by Gasteiger charge is -2.19. The number of aromatic nitrogens is 4. The second-order valence-electron chi connectivity index (χ2n) is 4.85. The van der Waals surface area contributed by atoms with Gasteiger partial charge in [0.25, 0.3) is 0 Å². The maximum absolute atomic E-state index is 5.81. The molecule has 0 bridgehead atoms. The summed E-state index contributed by atoms with van der Waals surface area (Å²) in [4.78, 5) is 8.79. The molecule has 6 nitrogen and oxygen atoms in total. The molecule has 3 N–H and O–H groups in total. The summed E-state index contributed by atoms with van der Waals surface area (Å²) in [7, 11) is 0. The van der Waals surface area contributed by atoms with E-state index in [-0.39, 0.29) is 6.04 Å². The third kappa shape index (κ3) is 2.51. The van der Waals surface area contributed by atoms with Crippen LogP contribution in [0.25, 0.3) is 11.0 Å². The molecule has 3 aromatic rings. The van der Waals surface area contributed by atoms with Gasteiger partial charge >= 0.3 is 0 Å². The van der Waals surface area contributed by atoms with Gasteiger partial charge in [-0.15, -0.1) is 0 Å². The summed E-state index contributed by atoms with van der Waals surface area (Å²) >= 11 is 0. The molecule has 0 amide bonds. The molecule has 21 heavy (non-hydrogen) atoms. The minimum absolute atomic E-state index is 0.167. The van der Waals surface area contributed by atoms with Crippen LogP contribution in [0.3, 0.4) is 0 Å². The Morgan fingerprint density at radius 1 is 1.19 bits per heavy atom. The van der Waals surface area contributed by atoms with Crippen LogP contribution in [-0.2, 0) is 6.54 Å². The van der Waals surface area contributed by atoms with Crippen molar-refractivity contribution in [2.75, 3.05) is 0 Å². The van der Waals surface area contributed by atoms with Crippen molar-refractivity contribution in [1.82, 2.24) is 25.2 Å². The topological polar surface area (TPSA) is 81.7 Å². The zero-order valence-electron chi connectivity index (χ0n) is 11.9. The molecule has 6 heteroatoms. The molecule has 0 aliphatic carbocycles. The highest BCUT2D eigenvalue weighted by molar-refractivity contribution is 5.78. The first-order chi connectivity index (χ1) is 10.3. The SMILES string of the molecule is CCCn1nccc1C(NN)c1cccc2nccnc12. The third-order valence-corrected chi connectivity index (χ3v) is 3.49. The van der Waals surface area contributed by atoms with Gasteiger partial charge in [-0.1, -0.05) is 19.1 Å². The van der Waals surface area contributed by atoms with Gasteiger partial charge in [-0.2, -0.15) is 5.10 Å². The lowest BCUT2D eigenvalue weighted by Crippen LogP contribution is -2.31. The zero-order valence-corrected chi connectivity index (χ0v) is 11.9. The second-order valence-corrected chi connectivity index (χ2v) is 4.85. The molecule has 0 saturated carbocycles. The highest BCUT2D eigenvalue weighted by Gasteiger charge is 2.19. The number of para-hydroxylation sites is 1. The molecule has 0 aliphatic heterocycles. The van der Waals surface area contributed by atoms with E-state index in [9.17, 15) is 0 Å². The Kier molecular flexibility index (Phi) is 3.89. The first-order valence-electron chi connectivity index (χ1n) is 7.02. The maximum Gasteiger partial charge on any atom is 0.0939 e. The Labute approximate surface area is 123 Å². The predicted molar refractivity (Wildman–Crippen MR) is 81.2 cm³/mol. The molecule has 1 unspecified atom stereocenters. The quantitative estimate of drug-likeness (QED) is 0.551. The van der Waals surface area contributed by atoms with Crippen LogP contribution in [0, 0.1) is 0 Å². The Balaban J connectivity index is 2.12. The number of hydrogen-bond acceptors (Lipinski definition) is 5. The van der Waals surface area contributed by atoms with Gasteiger partial charge in [0.15, 0.2) is 0 Å². The first-order valence-corrected chi connectivity index (χ1v) is 7.02. The molecule has 0 spiro atoms. The van der Waals surface area contributed by atoms with Crippen LogP contribution in [0.4, 0.5) is 0 Å². The van der Waals surface area contributed by atoms with Gasteiger partial charge in [0, 0.05) is 30.7 Å². The summed E-state index contributed by atoms with van der Waals surface area (Å²) in [6.45, 7) is 2.98. The molecule has 2 heterocycles. The molecule has 0 fully saturated rings. The number of benzene rings is 1. The van der Waals surface area contributed by atoms with Gasteiger partial charge < -0.3 is 0 Å². The number of nitrogens with zero attached hydrogens (tertiary/aromatic N) is 4. The summed E-state index contributed by atoms with van der Waals surface area (Å²) in [5.41, 5.74) is 6.62. The molecule has 2 aromatic heterocycles. The zero-order chi connectivity index (χ0) is 14.7. The Morgan fingerprint density at radius 3 is 2.86 bits per heavy atom. The molecule has 1 aromatic carbocycles. The van der Waals surface area contributed by atoms with Gasteiger partial charge in [-0.25, -0.2) is 5.43 Å². The summed E-state index contributed by atoms with van der Waals surface area (Å²) in [6, 6.07) is 7.75. The number of fused-ring (bicyclic) bond motifs is 1. The van der Waals surface area contributed by atoms with E-state index in [1.807, 2.05) is 28.9 Å². The van der Waals surface area contributed by atoms with Gasteiger partial charge in [0.1, 0.15) is 0 Å². The number of aryl methyl sites for hydroxylation is 1. The van der Waals surface area contributed by atoms with Crippen molar-refractivity contribution in [3.63, 3.8) is 0 Å². The Bertz CT molecular complexity index is 730. The van der Waals surface area contributed by atoms with E-state index in [1.54, 1.807) is 18.6 Å². The molecular formula is C15H18N6. The summed E-state index contributed by atoms with van der Waals surface area (Å²) < 4.78 is 1.97. The fourth-order valence-corrected chi connectivity index (χ4v) is 2.57. The van der Waals surface area contributed by atoms with E-state index in [2.05, 4.69) is 27.4 Å². The minimum Gasteiger partial charge on any atom is -0.271 e. The summed E-state index contributed by atoms with van der Waals surface area (Å²) in [5, 5.41) is 4.37. The van der Waals surface area contributed by atoms with Crippen LogP contribution in [-0.4, -0.2) is 19.7 Å². The number of rotatable bonds is 5. The highest BCUT2D eigenvalue weighted by Crippen LogP contribution is 2.26. The van der Waals surface area contributed by atoms with Crippen molar-refractivity contribution >= 4 is 11.0 Å². The van der Waals surface area contributed by atoms with E-state index in [0.717, 1.165) is 35.3 Å². The van der Waals surface area contributed by atoms with Gasteiger partial charge in [0.2, 0.25) is 0 Å². The van der Waals surface area contributed by atoms with Crippen LogP contribution in [0.2, 0.25) is 0 Å². The molecule has 1 atom stereocenters. The monoisotopic (exact) mass is 282 g/mol. The van der Waals surface area contributed by atoms with Crippen molar-refractivity contribution in [1.29, 1.82) is 0 Å². The second kappa shape index (κ2) is 5.99. The van der Waals surface area contributed by atoms with Gasteiger partial charge in [-0.05, 0) is 18.6 Å². The van der Waals surface area contributed by atoms with E-state index < -0.39 is 0 Å². The van der Waals surface area contributed by atoms with Crippen molar-refractivity contribution in [3.8, 4) is 0 Å². The average molecular weight is 282 g/mol. The van der Waals surface area contributed by atoms with E-state index in [4.69, 9.17) is 5.84 Å². The third-order valence-electron chi connectivity index (χ3n) is 3.49. The molecule has 3 rings (SSSR count). The van der Waals surface area contributed by atoms with Crippen LogP contribution in [0.15, 0.2) is 42.9 Å². The molecule has 108 valence electrons. The first kappa shape index (κ1) is 13.7. The van der Waals surface area contributed by atoms with Crippen molar-refractivity contribution < 1.29 is 0 Å². The van der Waals surface area contributed by atoms with E-state index in [0.29, 0.717) is 0 Å². The standard InChI is InChI=1S/C15H18N6/c1-2-10-21-13(6-7-19-21)15(20-16)11-4-3-5-12-14(11)18-9-8-17-12/h3-9,15,20H,2,10,16H2,1H3. The highest BCUT2D eigenvalue weighted by atomic mass is 15.3. The molecule has 0 radical (unpaired) electrons. The van der Waals surface area contributed by atoms with Crippen LogP contribution in [0.5, 0.6) is 0 Å². The van der Waals surface area contributed by atoms with Crippen molar-refractivity contribution in [2.24, 2.45) is 5.84 Å². The Morgan fingerprint density at radius 2 is 2.05 bits per heavy atom. The van der Waals surface area contributed by atoms with Crippen LogP contribution in [0.1, 0.15) is 30.6 Å². The normalized spacial score (nSPS) is 12.7. The number of hydrogen-bond donors (Lipinski definition) is 2. The van der Waals surface area contributed by atoms with Crippen LogP contribution >= 0.6 is 0 Å². The molecular weight excluding hydrogens is 264 g/mol. The minimum atomic E-state index is -0.167. The average Bonchev–Trinajstić information content (AvgIpc) is 2.97. The number of nitrogens with one attached hydrogen (secondary N) is 1. The maximum atomic E-state index is 5.81. The van der Waals surface area contributed by atoms with Crippen LogP contribution < -0.4 is 11.3 Å². The molecule has 0 aliphatic rings. The largest absolute Gasteiger partial charge is 0.271 e. The van der Waals surface area contributed by atoms with E-state index in [1.165, 1.54) is 0 Å². The summed E-state index contributed by atoms with van der Waals surface area (Å²) in [6.07, 6.45) is 6.20. The van der Waals surface area contributed by atoms with E-state index >= 15 is 0 Å².